The van der Waals surface area contributed by atoms with E-state index in [1.165, 1.54) is 12.8 Å². The highest BCUT2D eigenvalue weighted by molar-refractivity contribution is 7.98. The summed E-state index contributed by atoms with van der Waals surface area (Å²) in [7, 11) is 0. The molecule has 4 nitrogen and oxygen atoms in total. The van der Waals surface area contributed by atoms with Crippen molar-refractivity contribution in [2.24, 2.45) is 0 Å². The van der Waals surface area contributed by atoms with Crippen LogP contribution in [0.25, 0.3) is 0 Å². The van der Waals surface area contributed by atoms with Crippen LogP contribution >= 0.6 is 11.8 Å². The molecule has 1 saturated carbocycles. The third kappa shape index (κ3) is 2.45. The second-order valence-electron chi connectivity index (χ2n) is 3.10. The third-order valence-electron chi connectivity index (χ3n) is 1.89. The van der Waals surface area contributed by atoms with Gasteiger partial charge in [0.05, 0.1) is 12.4 Å². The van der Waals surface area contributed by atoms with E-state index in [0.717, 1.165) is 11.6 Å². The van der Waals surface area contributed by atoms with Crippen molar-refractivity contribution in [3.05, 3.63) is 11.7 Å². The van der Waals surface area contributed by atoms with Crippen molar-refractivity contribution in [3.8, 4) is 0 Å². The van der Waals surface area contributed by atoms with Crippen LogP contribution in [0.15, 0.2) is 4.52 Å². The Bertz CT molecular complexity index is 273. The summed E-state index contributed by atoms with van der Waals surface area (Å²) in [4.78, 5) is 4.26. The summed E-state index contributed by atoms with van der Waals surface area (Å²) in [6, 6.07) is 0. The van der Waals surface area contributed by atoms with Gasteiger partial charge in [0.2, 0.25) is 5.89 Å². The lowest BCUT2D eigenvalue weighted by Gasteiger charge is -1.91. The second kappa shape index (κ2) is 4.11. The quantitative estimate of drug-likeness (QED) is 0.723. The number of rotatable bonds is 5. The predicted molar refractivity (Wildman–Crippen MR) is 49.5 cm³/mol. The molecule has 0 amide bonds. The maximum atomic E-state index is 8.56. The van der Waals surface area contributed by atoms with Crippen LogP contribution in [0, 0.1) is 0 Å². The topological polar surface area (TPSA) is 59.2 Å². The Morgan fingerprint density at radius 1 is 1.54 bits per heavy atom. The molecule has 1 heterocycles. The molecule has 1 fully saturated rings. The molecule has 2 rings (SSSR count). The summed E-state index contributed by atoms with van der Waals surface area (Å²) in [5.74, 6) is 3.53. The molecule has 0 spiro atoms. The van der Waals surface area contributed by atoms with Gasteiger partial charge >= 0.3 is 0 Å². The molecule has 1 N–H and O–H groups in total. The highest BCUT2D eigenvalue weighted by atomic mass is 32.2. The van der Waals surface area contributed by atoms with E-state index in [2.05, 4.69) is 10.1 Å². The normalized spacial score (nSPS) is 16.4. The fourth-order valence-corrected chi connectivity index (χ4v) is 1.62. The molecule has 0 radical (unpaired) electrons. The van der Waals surface area contributed by atoms with Crippen molar-refractivity contribution >= 4 is 11.8 Å². The van der Waals surface area contributed by atoms with Crippen LogP contribution in [-0.4, -0.2) is 27.6 Å². The molecule has 72 valence electrons. The third-order valence-corrected chi connectivity index (χ3v) is 2.81. The van der Waals surface area contributed by atoms with Crippen LogP contribution in [0.1, 0.15) is 30.5 Å². The van der Waals surface area contributed by atoms with Gasteiger partial charge in [-0.05, 0) is 12.8 Å². The van der Waals surface area contributed by atoms with Crippen LogP contribution in [-0.2, 0) is 5.75 Å². The summed E-state index contributed by atoms with van der Waals surface area (Å²) in [5.41, 5.74) is 0. The second-order valence-corrected chi connectivity index (χ2v) is 4.20. The molecule has 0 aliphatic heterocycles. The van der Waals surface area contributed by atoms with E-state index < -0.39 is 0 Å². The molecular weight excluding hydrogens is 188 g/mol. The van der Waals surface area contributed by atoms with E-state index in [-0.39, 0.29) is 6.61 Å². The van der Waals surface area contributed by atoms with Gasteiger partial charge in [0.1, 0.15) is 0 Å². The van der Waals surface area contributed by atoms with E-state index in [1.54, 1.807) is 11.8 Å². The van der Waals surface area contributed by atoms with Gasteiger partial charge in [-0.3, -0.25) is 0 Å². The number of hydrogen-bond donors (Lipinski definition) is 1. The number of aliphatic hydroxyl groups excluding tert-OH is 1. The SMILES string of the molecule is OCCSCc1nc(C2CC2)no1. The minimum absolute atomic E-state index is 0.203. The van der Waals surface area contributed by atoms with Gasteiger partial charge in [0.15, 0.2) is 5.82 Å². The summed E-state index contributed by atoms with van der Waals surface area (Å²) >= 11 is 1.61. The standard InChI is InChI=1S/C8H12N2O2S/c11-3-4-13-5-7-9-8(10-12-7)6-1-2-6/h6,11H,1-5H2. The van der Waals surface area contributed by atoms with Crippen LogP contribution < -0.4 is 0 Å². The maximum Gasteiger partial charge on any atom is 0.236 e. The summed E-state index contributed by atoms with van der Waals surface area (Å²) in [6.07, 6.45) is 2.39. The zero-order chi connectivity index (χ0) is 9.10. The summed E-state index contributed by atoms with van der Waals surface area (Å²) in [6.45, 7) is 0.203. The molecule has 1 aliphatic carbocycles. The van der Waals surface area contributed by atoms with Crippen molar-refractivity contribution in [3.63, 3.8) is 0 Å². The maximum absolute atomic E-state index is 8.56. The van der Waals surface area contributed by atoms with E-state index in [9.17, 15) is 0 Å². The number of hydrogen-bond acceptors (Lipinski definition) is 5. The van der Waals surface area contributed by atoms with Gasteiger partial charge in [-0.1, -0.05) is 5.16 Å². The monoisotopic (exact) mass is 200 g/mol. The molecule has 0 saturated heterocycles. The minimum Gasteiger partial charge on any atom is -0.396 e. The minimum atomic E-state index is 0.203. The number of thioether (sulfide) groups is 1. The highest BCUT2D eigenvalue weighted by Gasteiger charge is 2.28. The highest BCUT2D eigenvalue weighted by Crippen LogP contribution is 2.38. The zero-order valence-corrected chi connectivity index (χ0v) is 8.09. The smallest absolute Gasteiger partial charge is 0.236 e. The van der Waals surface area contributed by atoms with E-state index in [1.807, 2.05) is 0 Å². The molecule has 13 heavy (non-hydrogen) atoms. The summed E-state index contributed by atoms with van der Waals surface area (Å²) in [5, 5.41) is 12.5. The van der Waals surface area contributed by atoms with E-state index in [0.29, 0.717) is 17.6 Å². The fourth-order valence-electron chi connectivity index (χ4n) is 1.06. The van der Waals surface area contributed by atoms with Crippen LogP contribution in [0.2, 0.25) is 0 Å². The first-order chi connectivity index (χ1) is 6.40. The van der Waals surface area contributed by atoms with Crippen molar-refractivity contribution < 1.29 is 9.63 Å². The Morgan fingerprint density at radius 2 is 2.38 bits per heavy atom. The van der Waals surface area contributed by atoms with Gasteiger partial charge in [-0.2, -0.15) is 4.98 Å². The Labute approximate surface area is 80.7 Å². The first-order valence-corrected chi connectivity index (χ1v) is 5.56. The molecule has 0 unspecified atom stereocenters. The number of aliphatic hydroxyl groups is 1. The Balaban J connectivity index is 1.82. The molecule has 0 aromatic carbocycles. The molecule has 5 heteroatoms. The number of nitrogens with zero attached hydrogens (tertiary/aromatic N) is 2. The summed E-state index contributed by atoms with van der Waals surface area (Å²) < 4.78 is 5.05. The zero-order valence-electron chi connectivity index (χ0n) is 7.27. The van der Waals surface area contributed by atoms with Gasteiger partial charge in [0, 0.05) is 11.7 Å². The van der Waals surface area contributed by atoms with Crippen molar-refractivity contribution in [2.45, 2.75) is 24.5 Å². The Morgan fingerprint density at radius 3 is 3.08 bits per heavy atom. The molecule has 1 aromatic heterocycles. The van der Waals surface area contributed by atoms with Crippen molar-refractivity contribution in [1.82, 2.24) is 10.1 Å². The average molecular weight is 200 g/mol. The van der Waals surface area contributed by atoms with Gasteiger partial charge in [-0.15, -0.1) is 11.8 Å². The van der Waals surface area contributed by atoms with Crippen molar-refractivity contribution in [2.75, 3.05) is 12.4 Å². The average Bonchev–Trinajstić information content (AvgIpc) is 2.88. The predicted octanol–water partition coefficient (Wildman–Crippen LogP) is 1.17. The van der Waals surface area contributed by atoms with Gasteiger partial charge < -0.3 is 9.63 Å². The molecular formula is C8H12N2O2S. The molecule has 1 aliphatic rings. The lowest BCUT2D eigenvalue weighted by atomic mass is 10.4. The largest absolute Gasteiger partial charge is 0.396 e. The van der Waals surface area contributed by atoms with Gasteiger partial charge in [-0.25, -0.2) is 0 Å². The van der Waals surface area contributed by atoms with Crippen molar-refractivity contribution in [1.29, 1.82) is 0 Å². The first kappa shape index (κ1) is 9.02. The fraction of sp³-hybridized carbons (Fsp3) is 0.750. The molecule has 0 atom stereocenters. The van der Waals surface area contributed by atoms with Crippen LogP contribution in [0.4, 0.5) is 0 Å². The Hall–Kier alpha value is -0.550. The number of aromatic nitrogens is 2. The molecule has 0 bridgehead atoms. The molecule has 1 aromatic rings. The van der Waals surface area contributed by atoms with E-state index in [4.69, 9.17) is 9.63 Å². The lowest BCUT2D eigenvalue weighted by Crippen LogP contribution is -1.88. The van der Waals surface area contributed by atoms with Crippen LogP contribution in [0.3, 0.4) is 0 Å². The van der Waals surface area contributed by atoms with E-state index >= 15 is 0 Å². The van der Waals surface area contributed by atoms with Crippen LogP contribution in [0.5, 0.6) is 0 Å². The van der Waals surface area contributed by atoms with Gasteiger partial charge in [0.25, 0.3) is 0 Å². The lowest BCUT2D eigenvalue weighted by molar-refractivity contribution is 0.322. The Kier molecular flexibility index (Phi) is 2.85. The first-order valence-electron chi connectivity index (χ1n) is 4.41.